The fraction of sp³-hybridized carbons (Fsp3) is 0.391. The van der Waals surface area contributed by atoms with Crippen LogP contribution in [-0.4, -0.2) is 39.0 Å². The van der Waals surface area contributed by atoms with Gasteiger partial charge in [0.25, 0.3) is 0 Å². The smallest absolute Gasteiger partial charge is 0.416 e. The molecule has 1 fully saturated rings. The van der Waals surface area contributed by atoms with Crippen LogP contribution in [0.15, 0.2) is 48.5 Å². The number of fused-ring (bicyclic) bond motifs is 1. The van der Waals surface area contributed by atoms with Crippen molar-refractivity contribution in [1.82, 2.24) is 14.9 Å². The van der Waals surface area contributed by atoms with E-state index in [9.17, 15) is 23.1 Å². The molecule has 3 aromatic rings. The summed E-state index contributed by atoms with van der Waals surface area (Å²) in [6.07, 6.45) is -2.86. The Morgan fingerprint density at radius 1 is 1.12 bits per heavy atom. The molecule has 2 aromatic carbocycles. The first-order chi connectivity index (χ1) is 14.8. The van der Waals surface area contributed by atoms with Gasteiger partial charge in [0.05, 0.1) is 16.6 Å². The summed E-state index contributed by atoms with van der Waals surface area (Å²) in [7, 11) is 0. The zero-order chi connectivity index (χ0) is 22.0. The molecule has 1 saturated heterocycles. The number of aromatic nitrogens is 2. The number of aliphatic carboxylic acids is 1. The first-order valence-corrected chi connectivity index (χ1v) is 10.3. The summed E-state index contributed by atoms with van der Waals surface area (Å²) in [5, 5.41) is 9.33. The average Bonchev–Trinajstić information content (AvgIpc) is 3.12. The van der Waals surface area contributed by atoms with Gasteiger partial charge in [0.2, 0.25) is 0 Å². The molecule has 0 bridgehead atoms. The SMILES string of the molecule is Cl.O=C(O)C[C@@H]1CCN(Cc2ccc(C(F)(F)F)cc2)C[C@@H]1Cc1nc2ccccc2[nH]1. The van der Waals surface area contributed by atoms with Gasteiger partial charge in [-0.2, -0.15) is 13.2 Å². The van der Waals surface area contributed by atoms with E-state index in [-0.39, 0.29) is 30.7 Å². The predicted molar refractivity (Wildman–Crippen MR) is 118 cm³/mol. The van der Waals surface area contributed by atoms with Crippen LogP contribution in [0.2, 0.25) is 0 Å². The summed E-state index contributed by atoms with van der Waals surface area (Å²) in [6, 6.07) is 13.0. The molecule has 0 aliphatic carbocycles. The summed E-state index contributed by atoms with van der Waals surface area (Å²) < 4.78 is 38.4. The van der Waals surface area contributed by atoms with E-state index in [2.05, 4.69) is 14.9 Å². The van der Waals surface area contributed by atoms with Gasteiger partial charge in [-0.1, -0.05) is 24.3 Å². The normalized spacial score (nSPS) is 19.6. The van der Waals surface area contributed by atoms with E-state index >= 15 is 0 Å². The number of aromatic amines is 1. The standard InChI is InChI=1S/C23H24F3N3O2.ClH/c24-23(25,26)18-7-5-15(6-8-18)13-29-10-9-16(12-22(30)31)17(14-29)11-21-27-19-3-1-2-4-20(19)28-21;/h1-8,16-17H,9-14H2,(H,27,28)(H,30,31);1H/t16-,17-;/m0./s1. The highest BCUT2D eigenvalue weighted by atomic mass is 35.5. The summed E-state index contributed by atoms with van der Waals surface area (Å²) in [6.45, 7) is 1.93. The Morgan fingerprint density at radius 2 is 1.84 bits per heavy atom. The van der Waals surface area contributed by atoms with E-state index in [0.717, 1.165) is 47.5 Å². The molecule has 2 heterocycles. The van der Waals surface area contributed by atoms with Gasteiger partial charge in [-0.3, -0.25) is 9.69 Å². The van der Waals surface area contributed by atoms with Crippen molar-refractivity contribution in [2.75, 3.05) is 13.1 Å². The molecule has 0 amide bonds. The lowest BCUT2D eigenvalue weighted by Crippen LogP contribution is -2.41. The second-order valence-corrected chi connectivity index (χ2v) is 8.24. The molecule has 0 radical (unpaired) electrons. The molecule has 5 nitrogen and oxygen atoms in total. The Bertz CT molecular complexity index is 1020. The largest absolute Gasteiger partial charge is 0.481 e. The second-order valence-electron chi connectivity index (χ2n) is 8.24. The number of alkyl halides is 3. The van der Waals surface area contributed by atoms with Crippen molar-refractivity contribution in [3.8, 4) is 0 Å². The van der Waals surface area contributed by atoms with Crippen LogP contribution in [0.25, 0.3) is 11.0 Å². The number of halogens is 4. The molecule has 172 valence electrons. The Morgan fingerprint density at radius 3 is 2.50 bits per heavy atom. The van der Waals surface area contributed by atoms with E-state index in [0.29, 0.717) is 19.5 Å². The lowest BCUT2D eigenvalue weighted by Gasteiger charge is -2.38. The molecular weight excluding hydrogens is 443 g/mol. The van der Waals surface area contributed by atoms with Crippen LogP contribution in [0.4, 0.5) is 13.2 Å². The Balaban J connectivity index is 0.00000289. The van der Waals surface area contributed by atoms with Gasteiger partial charge >= 0.3 is 12.1 Å². The fourth-order valence-corrected chi connectivity index (χ4v) is 4.43. The maximum absolute atomic E-state index is 12.8. The van der Waals surface area contributed by atoms with Crippen LogP contribution in [0, 0.1) is 11.8 Å². The highest BCUT2D eigenvalue weighted by molar-refractivity contribution is 5.85. The number of H-pyrrole nitrogens is 1. The first-order valence-electron chi connectivity index (χ1n) is 10.3. The van der Waals surface area contributed by atoms with Gasteiger partial charge < -0.3 is 10.1 Å². The molecule has 0 unspecified atom stereocenters. The maximum atomic E-state index is 12.8. The van der Waals surface area contributed by atoms with Crippen molar-refractivity contribution in [1.29, 1.82) is 0 Å². The summed E-state index contributed by atoms with van der Waals surface area (Å²) in [5.74, 6) is 0.156. The summed E-state index contributed by atoms with van der Waals surface area (Å²) >= 11 is 0. The Kier molecular flexibility index (Phi) is 7.46. The number of piperidine rings is 1. The maximum Gasteiger partial charge on any atom is 0.416 e. The number of hydrogen-bond acceptors (Lipinski definition) is 3. The highest BCUT2D eigenvalue weighted by Gasteiger charge is 2.32. The molecule has 0 saturated carbocycles. The van der Waals surface area contributed by atoms with E-state index in [1.807, 2.05) is 24.3 Å². The Hall–Kier alpha value is -2.58. The van der Waals surface area contributed by atoms with Gasteiger partial charge in [-0.15, -0.1) is 12.4 Å². The number of carbonyl (C=O) groups is 1. The third-order valence-corrected chi connectivity index (χ3v) is 5.99. The van der Waals surface area contributed by atoms with E-state index in [1.54, 1.807) is 0 Å². The number of nitrogens with one attached hydrogen (secondary N) is 1. The number of imidazole rings is 1. The number of benzene rings is 2. The number of nitrogens with zero attached hydrogens (tertiary/aromatic N) is 2. The molecule has 9 heteroatoms. The van der Waals surface area contributed by atoms with Gasteiger partial charge in [-0.05, 0) is 54.6 Å². The number of likely N-dealkylation sites (tertiary alicyclic amines) is 1. The van der Waals surface area contributed by atoms with Crippen molar-refractivity contribution in [2.24, 2.45) is 11.8 Å². The van der Waals surface area contributed by atoms with Crippen LogP contribution in [-0.2, 0) is 23.9 Å². The quantitative estimate of drug-likeness (QED) is 0.525. The van der Waals surface area contributed by atoms with Crippen LogP contribution in [0.1, 0.15) is 29.8 Å². The number of hydrogen-bond donors (Lipinski definition) is 2. The molecule has 2 atom stereocenters. The minimum Gasteiger partial charge on any atom is -0.481 e. The van der Waals surface area contributed by atoms with Crippen molar-refractivity contribution >= 4 is 29.4 Å². The monoisotopic (exact) mass is 467 g/mol. The molecule has 0 spiro atoms. The molecule has 1 aliphatic rings. The third kappa shape index (κ3) is 5.81. The van der Waals surface area contributed by atoms with E-state index < -0.39 is 17.7 Å². The Labute approximate surface area is 190 Å². The molecular formula is C23H25ClF3N3O2. The minimum absolute atomic E-state index is 0. The van der Waals surface area contributed by atoms with Crippen molar-refractivity contribution in [3.63, 3.8) is 0 Å². The first kappa shape index (κ1) is 24.1. The van der Waals surface area contributed by atoms with Gasteiger partial charge in [0.1, 0.15) is 5.82 Å². The lowest BCUT2D eigenvalue weighted by molar-refractivity contribution is -0.139. The number of para-hydroxylation sites is 2. The molecule has 1 aromatic heterocycles. The summed E-state index contributed by atoms with van der Waals surface area (Å²) in [4.78, 5) is 21.5. The molecule has 1 aliphatic heterocycles. The zero-order valence-corrected chi connectivity index (χ0v) is 18.1. The van der Waals surface area contributed by atoms with Gasteiger partial charge in [0, 0.05) is 25.9 Å². The molecule has 32 heavy (non-hydrogen) atoms. The van der Waals surface area contributed by atoms with Gasteiger partial charge in [-0.25, -0.2) is 4.98 Å². The van der Waals surface area contributed by atoms with Crippen molar-refractivity contribution in [3.05, 3.63) is 65.5 Å². The number of carboxylic acid groups (broad SMARTS) is 1. The second kappa shape index (κ2) is 9.92. The third-order valence-electron chi connectivity index (χ3n) is 5.99. The van der Waals surface area contributed by atoms with Crippen molar-refractivity contribution in [2.45, 2.75) is 32.0 Å². The summed E-state index contributed by atoms with van der Waals surface area (Å²) in [5.41, 5.74) is 1.99. The fourth-order valence-electron chi connectivity index (χ4n) is 4.43. The zero-order valence-electron chi connectivity index (χ0n) is 17.3. The average molecular weight is 468 g/mol. The molecule has 4 rings (SSSR count). The van der Waals surface area contributed by atoms with Crippen LogP contribution >= 0.6 is 12.4 Å². The van der Waals surface area contributed by atoms with Crippen LogP contribution < -0.4 is 0 Å². The van der Waals surface area contributed by atoms with E-state index in [1.165, 1.54) is 12.1 Å². The highest BCUT2D eigenvalue weighted by Crippen LogP contribution is 2.32. The van der Waals surface area contributed by atoms with Crippen LogP contribution in [0.3, 0.4) is 0 Å². The topological polar surface area (TPSA) is 69.2 Å². The van der Waals surface area contributed by atoms with Gasteiger partial charge in [0.15, 0.2) is 0 Å². The molecule has 2 N–H and O–H groups in total. The lowest BCUT2D eigenvalue weighted by atomic mass is 9.81. The number of rotatable bonds is 6. The predicted octanol–water partition coefficient (Wildman–Crippen LogP) is 5.16. The van der Waals surface area contributed by atoms with Crippen molar-refractivity contribution < 1.29 is 23.1 Å². The van der Waals surface area contributed by atoms with E-state index in [4.69, 9.17) is 0 Å². The minimum atomic E-state index is -4.34. The number of carboxylic acids is 1. The van der Waals surface area contributed by atoms with Crippen LogP contribution in [0.5, 0.6) is 0 Å².